The summed E-state index contributed by atoms with van der Waals surface area (Å²) in [7, 11) is 3.27. The zero-order valence-corrected chi connectivity index (χ0v) is 41.1. The SMILES string of the molecule is COc1ccc(/C(=C(/c2ccccc2)c2ccc(-c3c([N+](=O)[O-])c([N+](=O)[O-])c(-c4ccc(/C(=C(\c5ccc(C)cc5)c5ccc(OC)cc5)c5ccccc5)cc4)c4nsnc34)cc2)c2ccc(C)cc2)cc1. The molecule has 0 spiro atoms. The Morgan fingerprint density at radius 2 is 0.644 bits per heavy atom. The highest BCUT2D eigenvalue weighted by molar-refractivity contribution is 7.00. The maximum Gasteiger partial charge on any atom is 0.356 e. The minimum Gasteiger partial charge on any atom is -0.497 e. The van der Waals surface area contributed by atoms with E-state index in [-0.39, 0.29) is 22.2 Å². The lowest BCUT2D eigenvalue weighted by Crippen LogP contribution is -2.03. The molecule has 1 aromatic heterocycles. The average Bonchev–Trinajstić information content (AvgIpc) is 3.92. The van der Waals surface area contributed by atoms with Crippen molar-refractivity contribution in [2.45, 2.75) is 13.8 Å². The van der Waals surface area contributed by atoms with Crippen LogP contribution in [0.2, 0.25) is 0 Å². The number of fused-ring (bicyclic) bond motifs is 1. The van der Waals surface area contributed by atoms with Gasteiger partial charge in [-0.25, -0.2) is 0 Å². The molecular formula is C62H46N4O6S. The van der Waals surface area contributed by atoms with E-state index in [2.05, 4.69) is 57.3 Å². The molecule has 0 atom stereocenters. The van der Waals surface area contributed by atoms with Crippen molar-refractivity contribution >= 4 is 56.4 Å². The third-order valence-corrected chi connectivity index (χ3v) is 13.5. The Morgan fingerprint density at radius 1 is 0.384 bits per heavy atom. The van der Waals surface area contributed by atoms with Crippen LogP contribution < -0.4 is 9.47 Å². The summed E-state index contributed by atoms with van der Waals surface area (Å²) < 4.78 is 20.3. The van der Waals surface area contributed by atoms with Gasteiger partial charge in [-0.3, -0.25) is 20.2 Å². The van der Waals surface area contributed by atoms with Crippen LogP contribution >= 0.6 is 11.7 Å². The van der Waals surface area contributed by atoms with E-state index >= 15 is 0 Å². The van der Waals surface area contributed by atoms with Crippen molar-refractivity contribution in [2.24, 2.45) is 0 Å². The molecule has 10 aromatic rings. The zero-order chi connectivity index (χ0) is 50.6. The Kier molecular flexibility index (Phi) is 13.3. The molecule has 0 N–H and O–H groups in total. The number of nitro benzene ring substituents is 2. The van der Waals surface area contributed by atoms with Gasteiger partial charge in [0.25, 0.3) is 0 Å². The number of methoxy groups -OCH3 is 2. The Labute approximate surface area is 426 Å². The molecule has 356 valence electrons. The van der Waals surface area contributed by atoms with Gasteiger partial charge in [-0.05, 0) is 116 Å². The fourth-order valence-corrected chi connectivity index (χ4v) is 10.0. The van der Waals surface area contributed by atoms with E-state index < -0.39 is 21.2 Å². The highest BCUT2D eigenvalue weighted by Gasteiger charge is 2.39. The molecule has 1 heterocycles. The Bertz CT molecular complexity index is 3460. The van der Waals surface area contributed by atoms with Gasteiger partial charge in [0.2, 0.25) is 0 Å². The summed E-state index contributed by atoms with van der Waals surface area (Å²) in [6.07, 6.45) is 0. The van der Waals surface area contributed by atoms with Gasteiger partial charge in [0, 0.05) is 0 Å². The highest BCUT2D eigenvalue weighted by Crippen LogP contribution is 2.50. The fraction of sp³-hybridized carbons (Fsp3) is 0.0645. The van der Waals surface area contributed by atoms with Crippen molar-refractivity contribution in [3.8, 4) is 33.8 Å². The largest absolute Gasteiger partial charge is 0.497 e. The molecule has 11 heteroatoms. The van der Waals surface area contributed by atoms with Gasteiger partial charge in [-0.1, -0.05) is 193 Å². The first-order valence-corrected chi connectivity index (χ1v) is 24.2. The van der Waals surface area contributed by atoms with E-state index in [1.807, 2.05) is 147 Å². The molecule has 0 saturated carbocycles. The number of aryl methyl sites for hydroxylation is 2. The smallest absolute Gasteiger partial charge is 0.356 e. The summed E-state index contributed by atoms with van der Waals surface area (Å²) in [6, 6.07) is 67.3. The Hall–Kier alpha value is -9.32. The second-order valence-corrected chi connectivity index (χ2v) is 18.0. The number of benzene rings is 9. The van der Waals surface area contributed by atoms with Crippen LogP contribution in [0.3, 0.4) is 0 Å². The van der Waals surface area contributed by atoms with Crippen LogP contribution in [-0.4, -0.2) is 32.8 Å². The van der Waals surface area contributed by atoms with Gasteiger partial charge in [-0.15, -0.1) is 0 Å². The van der Waals surface area contributed by atoms with Crippen molar-refractivity contribution in [3.05, 3.63) is 282 Å². The summed E-state index contributed by atoms with van der Waals surface area (Å²) >= 11 is 0.849. The molecule has 10 nitrogen and oxygen atoms in total. The van der Waals surface area contributed by atoms with Gasteiger partial charge in [0.1, 0.15) is 22.5 Å². The van der Waals surface area contributed by atoms with Crippen LogP contribution in [0, 0.1) is 34.1 Å². The molecule has 9 aromatic carbocycles. The monoisotopic (exact) mass is 974 g/mol. The second kappa shape index (κ2) is 20.6. The van der Waals surface area contributed by atoms with Crippen LogP contribution in [0.15, 0.2) is 206 Å². The first-order valence-electron chi connectivity index (χ1n) is 23.5. The molecule has 0 bridgehead atoms. The summed E-state index contributed by atoms with van der Waals surface area (Å²) in [5, 5.41) is 26.9. The Balaban J connectivity index is 1.14. The molecule has 0 aliphatic rings. The molecule has 0 radical (unpaired) electrons. The topological polar surface area (TPSA) is 131 Å². The number of nitrogens with zero attached hydrogens (tertiary/aromatic N) is 4. The molecular weight excluding hydrogens is 929 g/mol. The lowest BCUT2D eigenvalue weighted by molar-refractivity contribution is -0.421. The molecule has 0 unspecified atom stereocenters. The molecule has 73 heavy (non-hydrogen) atoms. The van der Waals surface area contributed by atoms with Gasteiger partial charge in [0.15, 0.2) is 0 Å². The van der Waals surface area contributed by atoms with Gasteiger partial charge in [-0.2, -0.15) is 8.75 Å². The third-order valence-electron chi connectivity index (χ3n) is 13.0. The number of ether oxygens (including phenoxy) is 2. The van der Waals surface area contributed by atoms with Crippen molar-refractivity contribution in [1.82, 2.24) is 8.75 Å². The maximum absolute atomic E-state index is 13.4. The van der Waals surface area contributed by atoms with Crippen molar-refractivity contribution in [1.29, 1.82) is 0 Å². The predicted octanol–water partition coefficient (Wildman–Crippen LogP) is 15.5. The standard InChI is InChI=1S/C62H46N4O6S/c1-39-15-19-43(20-16-39)55(47-31-35-51(71-3)36-32-47)53(41-11-7-5-8-12-41)45-23-27-49(28-24-45)57-59-60(64-73-63-59)58(62(66(69)70)61(57)65(67)68)50-29-25-46(26-30-50)54(42-13-9-6-10-14-42)56(44-21-17-40(2)18-22-44)48-33-37-52(72-4)38-34-48/h5-38H,1-4H3/b55-53-,56-54+. The maximum atomic E-state index is 13.4. The molecule has 0 aliphatic heterocycles. The normalized spacial score (nSPS) is 11.9. The molecule has 0 amide bonds. The average molecular weight is 975 g/mol. The first kappa shape index (κ1) is 47.4. The number of hydrogen-bond acceptors (Lipinski definition) is 9. The number of hydrogen-bond donors (Lipinski definition) is 0. The molecule has 0 saturated heterocycles. The number of aromatic nitrogens is 2. The van der Waals surface area contributed by atoms with Crippen LogP contribution in [0.25, 0.3) is 55.6 Å². The van der Waals surface area contributed by atoms with E-state index in [4.69, 9.17) is 9.47 Å². The molecule has 0 aliphatic carbocycles. The summed E-state index contributed by atoms with van der Waals surface area (Å²) in [4.78, 5) is 25.5. The summed E-state index contributed by atoms with van der Waals surface area (Å²) in [5.74, 6) is 1.45. The van der Waals surface area contributed by atoms with Gasteiger partial charge < -0.3 is 9.47 Å². The molecule has 0 fully saturated rings. The third kappa shape index (κ3) is 9.40. The van der Waals surface area contributed by atoms with Crippen molar-refractivity contribution < 1.29 is 19.3 Å². The number of nitro groups is 2. The quantitative estimate of drug-likeness (QED) is 0.0598. The predicted molar refractivity (Wildman–Crippen MR) is 293 cm³/mol. The lowest BCUT2D eigenvalue weighted by atomic mass is 9.84. The van der Waals surface area contributed by atoms with Gasteiger partial charge in [0.05, 0.1) is 46.9 Å². The van der Waals surface area contributed by atoms with Crippen molar-refractivity contribution in [3.63, 3.8) is 0 Å². The van der Waals surface area contributed by atoms with Crippen LogP contribution in [0.5, 0.6) is 11.5 Å². The lowest BCUT2D eigenvalue weighted by Gasteiger charge is -2.19. The summed E-state index contributed by atoms with van der Waals surface area (Å²) in [5.41, 5.74) is 13.3. The van der Waals surface area contributed by atoms with Gasteiger partial charge >= 0.3 is 11.4 Å². The van der Waals surface area contributed by atoms with Crippen LogP contribution in [0.1, 0.15) is 55.6 Å². The zero-order valence-electron chi connectivity index (χ0n) is 40.3. The van der Waals surface area contributed by atoms with E-state index in [9.17, 15) is 20.2 Å². The van der Waals surface area contributed by atoms with E-state index in [1.165, 1.54) is 0 Å². The minimum absolute atomic E-state index is 0.0167. The molecule has 10 rings (SSSR count). The highest BCUT2D eigenvalue weighted by atomic mass is 32.1. The number of rotatable bonds is 14. The first-order chi connectivity index (χ1) is 35.6. The van der Waals surface area contributed by atoms with E-state index in [0.717, 1.165) is 101 Å². The fourth-order valence-electron chi connectivity index (χ4n) is 9.47. The van der Waals surface area contributed by atoms with Crippen molar-refractivity contribution in [2.75, 3.05) is 14.2 Å². The van der Waals surface area contributed by atoms with Crippen LogP contribution in [0.4, 0.5) is 11.4 Å². The van der Waals surface area contributed by atoms with E-state index in [0.29, 0.717) is 11.1 Å². The van der Waals surface area contributed by atoms with Crippen LogP contribution in [-0.2, 0) is 0 Å². The minimum atomic E-state index is -0.675. The van der Waals surface area contributed by atoms with E-state index in [1.54, 1.807) is 38.5 Å². The Morgan fingerprint density at radius 3 is 0.918 bits per heavy atom. The summed E-state index contributed by atoms with van der Waals surface area (Å²) in [6.45, 7) is 4.09. The second-order valence-electron chi connectivity index (χ2n) is 17.5.